The molecular weight excluding hydrogens is 342 g/mol. The third-order valence-corrected chi connectivity index (χ3v) is 5.12. The summed E-state index contributed by atoms with van der Waals surface area (Å²) in [6, 6.07) is 12.2. The van der Waals surface area contributed by atoms with Gasteiger partial charge in [-0.25, -0.2) is 0 Å². The lowest BCUT2D eigenvalue weighted by Crippen LogP contribution is -2.10. The van der Waals surface area contributed by atoms with Gasteiger partial charge in [-0.15, -0.1) is 0 Å². The Morgan fingerprint density at radius 1 is 0.741 bits per heavy atom. The van der Waals surface area contributed by atoms with Crippen molar-refractivity contribution in [3.05, 3.63) is 48.2 Å². The summed E-state index contributed by atoms with van der Waals surface area (Å²) in [7, 11) is 6.68. The van der Waals surface area contributed by atoms with Crippen LogP contribution in [-0.4, -0.2) is 33.0 Å². The topological polar surface area (TPSA) is 41.9 Å². The summed E-state index contributed by atoms with van der Waals surface area (Å²) >= 11 is 0. The van der Waals surface area contributed by atoms with Crippen molar-refractivity contribution in [3.8, 4) is 45.4 Å². The van der Waals surface area contributed by atoms with E-state index in [0.29, 0.717) is 0 Å². The van der Waals surface area contributed by atoms with E-state index < -0.39 is 0 Å². The molecule has 0 atom stereocenters. The fourth-order valence-electron chi connectivity index (χ4n) is 3.71. The number of rotatable bonds is 5. The van der Waals surface area contributed by atoms with Gasteiger partial charge in [0.1, 0.15) is 11.5 Å². The van der Waals surface area contributed by atoms with Crippen molar-refractivity contribution in [2.75, 3.05) is 28.4 Å². The summed E-state index contributed by atoms with van der Waals surface area (Å²) in [5.41, 5.74) is 5.78. The van der Waals surface area contributed by atoms with Crippen LogP contribution in [0.15, 0.2) is 42.6 Å². The van der Waals surface area contributed by atoms with E-state index in [2.05, 4.69) is 29.0 Å². The Labute approximate surface area is 159 Å². The molecule has 2 heterocycles. The van der Waals surface area contributed by atoms with Gasteiger partial charge in [0.15, 0.2) is 11.5 Å². The normalized spacial score (nSPS) is 12.1. The Morgan fingerprint density at radius 2 is 1.48 bits per heavy atom. The first-order chi connectivity index (χ1) is 13.2. The number of methoxy groups -OCH3 is 4. The molecule has 0 saturated heterocycles. The van der Waals surface area contributed by atoms with Crippen molar-refractivity contribution in [1.29, 1.82) is 0 Å². The number of aryl methyl sites for hydroxylation is 2. The molecule has 5 heteroatoms. The van der Waals surface area contributed by atoms with E-state index in [9.17, 15) is 0 Å². The van der Waals surface area contributed by atoms with Gasteiger partial charge in [-0.3, -0.25) is 0 Å². The minimum Gasteiger partial charge on any atom is -0.497 e. The lowest BCUT2D eigenvalue weighted by Gasteiger charge is -2.21. The molecule has 0 fully saturated rings. The monoisotopic (exact) mass is 365 g/mol. The predicted molar refractivity (Wildman–Crippen MR) is 105 cm³/mol. The molecular formula is C22H23NO4. The lowest BCUT2D eigenvalue weighted by molar-refractivity contribution is 0.354. The molecule has 0 radical (unpaired) electrons. The van der Waals surface area contributed by atoms with Gasteiger partial charge in [0.2, 0.25) is 0 Å². The van der Waals surface area contributed by atoms with Crippen LogP contribution in [0.5, 0.6) is 23.0 Å². The van der Waals surface area contributed by atoms with Crippen molar-refractivity contribution in [2.45, 2.75) is 13.0 Å². The van der Waals surface area contributed by atoms with E-state index in [4.69, 9.17) is 18.9 Å². The minimum absolute atomic E-state index is 0.745. The lowest BCUT2D eigenvalue weighted by atomic mass is 9.97. The van der Waals surface area contributed by atoms with Crippen LogP contribution in [0.2, 0.25) is 0 Å². The van der Waals surface area contributed by atoms with Gasteiger partial charge < -0.3 is 23.5 Å². The maximum Gasteiger partial charge on any atom is 0.161 e. The van der Waals surface area contributed by atoms with Crippen molar-refractivity contribution >= 4 is 0 Å². The van der Waals surface area contributed by atoms with Crippen LogP contribution in [0.3, 0.4) is 0 Å². The Balaban J connectivity index is 1.82. The number of hydrogen-bond acceptors (Lipinski definition) is 4. The van der Waals surface area contributed by atoms with Crippen molar-refractivity contribution in [2.24, 2.45) is 0 Å². The second-order valence-corrected chi connectivity index (χ2v) is 6.49. The average molecular weight is 365 g/mol. The predicted octanol–water partition coefficient (Wildman–Crippen LogP) is 4.41. The number of aromatic nitrogens is 1. The molecule has 1 aliphatic rings. The van der Waals surface area contributed by atoms with Crippen molar-refractivity contribution in [3.63, 3.8) is 0 Å². The fraction of sp³-hybridized carbons (Fsp3) is 0.273. The summed E-state index contributed by atoms with van der Waals surface area (Å²) in [5, 5.41) is 0. The maximum absolute atomic E-state index is 5.58. The Morgan fingerprint density at radius 3 is 2.19 bits per heavy atom. The number of ether oxygens (including phenoxy) is 4. The molecule has 1 aliphatic heterocycles. The molecule has 0 amide bonds. The van der Waals surface area contributed by atoms with Gasteiger partial charge in [0, 0.05) is 41.2 Å². The third-order valence-electron chi connectivity index (χ3n) is 5.12. The standard InChI is InChI=1S/C22H23NO4/c1-24-16-5-6-17(20(11-16)25-2)15-9-19-18-12-22(27-4)21(26-3)10-14(18)7-8-23(19)13-15/h5-6,9-13H,7-8H2,1-4H3. The molecule has 0 saturated carbocycles. The van der Waals surface area contributed by atoms with Gasteiger partial charge in [-0.1, -0.05) is 0 Å². The number of nitrogens with zero attached hydrogens (tertiary/aromatic N) is 1. The highest BCUT2D eigenvalue weighted by Crippen LogP contribution is 2.42. The molecule has 3 aromatic rings. The van der Waals surface area contributed by atoms with E-state index in [1.807, 2.05) is 18.2 Å². The third kappa shape index (κ3) is 2.89. The summed E-state index contributed by atoms with van der Waals surface area (Å²) in [4.78, 5) is 0. The molecule has 140 valence electrons. The van der Waals surface area contributed by atoms with Crippen LogP contribution in [0, 0.1) is 0 Å². The van der Waals surface area contributed by atoms with E-state index in [1.54, 1.807) is 28.4 Å². The van der Waals surface area contributed by atoms with E-state index in [1.165, 1.54) is 16.8 Å². The van der Waals surface area contributed by atoms with E-state index >= 15 is 0 Å². The zero-order valence-corrected chi connectivity index (χ0v) is 16.0. The van der Waals surface area contributed by atoms with Crippen LogP contribution in [-0.2, 0) is 13.0 Å². The highest BCUT2D eigenvalue weighted by molar-refractivity contribution is 5.79. The van der Waals surface area contributed by atoms with Crippen molar-refractivity contribution in [1.82, 2.24) is 4.57 Å². The van der Waals surface area contributed by atoms with E-state index in [-0.39, 0.29) is 0 Å². The molecule has 27 heavy (non-hydrogen) atoms. The zero-order valence-electron chi connectivity index (χ0n) is 16.0. The molecule has 0 bridgehead atoms. The van der Waals surface area contributed by atoms with Crippen LogP contribution in [0.4, 0.5) is 0 Å². The molecule has 1 aromatic heterocycles. The Bertz CT molecular complexity index is 990. The first-order valence-electron chi connectivity index (χ1n) is 8.86. The fourth-order valence-corrected chi connectivity index (χ4v) is 3.71. The SMILES string of the molecule is COc1ccc(-c2cc3n(c2)CCc2cc(OC)c(OC)cc2-3)c(OC)c1. The summed E-state index contributed by atoms with van der Waals surface area (Å²) in [6.45, 7) is 0.927. The van der Waals surface area contributed by atoms with Crippen LogP contribution < -0.4 is 18.9 Å². The van der Waals surface area contributed by atoms with Gasteiger partial charge in [0.25, 0.3) is 0 Å². The molecule has 0 spiro atoms. The highest BCUT2D eigenvalue weighted by atomic mass is 16.5. The molecule has 0 unspecified atom stereocenters. The number of hydrogen-bond donors (Lipinski definition) is 0. The summed E-state index contributed by atoms with van der Waals surface area (Å²) in [5.74, 6) is 3.09. The van der Waals surface area contributed by atoms with Crippen LogP contribution >= 0.6 is 0 Å². The summed E-state index contributed by atoms with van der Waals surface area (Å²) < 4.78 is 24.1. The van der Waals surface area contributed by atoms with Gasteiger partial charge in [-0.2, -0.15) is 0 Å². The quantitative estimate of drug-likeness (QED) is 0.671. The molecule has 5 nitrogen and oxygen atoms in total. The second kappa shape index (κ2) is 6.91. The molecule has 0 aliphatic carbocycles. The molecule has 2 aromatic carbocycles. The Kier molecular flexibility index (Phi) is 4.44. The smallest absolute Gasteiger partial charge is 0.161 e. The zero-order chi connectivity index (χ0) is 19.0. The van der Waals surface area contributed by atoms with Crippen molar-refractivity contribution < 1.29 is 18.9 Å². The number of benzene rings is 2. The maximum atomic E-state index is 5.58. The summed E-state index contributed by atoms with van der Waals surface area (Å²) in [6.07, 6.45) is 3.13. The van der Waals surface area contributed by atoms with Crippen LogP contribution in [0.1, 0.15) is 5.56 Å². The first-order valence-corrected chi connectivity index (χ1v) is 8.86. The van der Waals surface area contributed by atoms with Gasteiger partial charge in [0.05, 0.1) is 28.4 Å². The highest BCUT2D eigenvalue weighted by Gasteiger charge is 2.21. The average Bonchev–Trinajstić information content (AvgIpc) is 3.16. The van der Waals surface area contributed by atoms with Gasteiger partial charge >= 0.3 is 0 Å². The Hall–Kier alpha value is -3.08. The van der Waals surface area contributed by atoms with E-state index in [0.717, 1.165) is 47.1 Å². The van der Waals surface area contributed by atoms with Gasteiger partial charge in [-0.05, 0) is 42.3 Å². The minimum atomic E-state index is 0.745. The molecule has 4 rings (SSSR count). The first kappa shape index (κ1) is 17.3. The number of fused-ring (bicyclic) bond motifs is 3. The second-order valence-electron chi connectivity index (χ2n) is 6.49. The van der Waals surface area contributed by atoms with Crippen LogP contribution in [0.25, 0.3) is 22.4 Å². The molecule has 0 N–H and O–H groups in total. The largest absolute Gasteiger partial charge is 0.497 e.